The molecule has 4 nitrogen and oxygen atoms in total. The first kappa shape index (κ1) is 14.1. The number of ether oxygens (including phenoxy) is 2. The number of hydrogen-bond acceptors (Lipinski definition) is 4. The van der Waals surface area contributed by atoms with E-state index in [0.717, 1.165) is 34.1 Å². The topological polar surface area (TPSA) is 42.5 Å². The highest BCUT2D eigenvalue weighted by Gasteiger charge is 2.06. The minimum Gasteiger partial charge on any atom is -0.497 e. The van der Waals surface area contributed by atoms with Gasteiger partial charge in [-0.05, 0) is 24.6 Å². The highest BCUT2D eigenvalue weighted by molar-refractivity contribution is 5.71. The van der Waals surface area contributed by atoms with Crippen LogP contribution in [0.3, 0.4) is 0 Å². The van der Waals surface area contributed by atoms with Crippen molar-refractivity contribution >= 4 is 17.1 Å². The van der Waals surface area contributed by atoms with Gasteiger partial charge in [-0.1, -0.05) is 6.07 Å². The second-order valence-electron chi connectivity index (χ2n) is 4.45. The summed E-state index contributed by atoms with van der Waals surface area (Å²) in [6.45, 7) is 2.07. The quantitative estimate of drug-likeness (QED) is 0.869. The van der Waals surface area contributed by atoms with Crippen molar-refractivity contribution in [3.8, 4) is 11.5 Å². The highest BCUT2D eigenvalue weighted by Crippen LogP contribution is 2.30. The number of hydrogen-bond donors (Lipinski definition) is 2. The fraction of sp³-hybridized carbons (Fsp3) is 0.250. The van der Waals surface area contributed by atoms with E-state index in [-0.39, 0.29) is 0 Å². The minimum atomic E-state index is 0.759. The lowest BCUT2D eigenvalue weighted by Gasteiger charge is -2.14. The lowest BCUT2D eigenvalue weighted by Crippen LogP contribution is -1.98. The van der Waals surface area contributed by atoms with Crippen LogP contribution >= 0.6 is 0 Å². The predicted octanol–water partition coefficient (Wildman–Crippen LogP) is 3.80. The molecule has 0 saturated carbocycles. The third-order valence-electron chi connectivity index (χ3n) is 3.23. The van der Waals surface area contributed by atoms with E-state index < -0.39 is 0 Å². The molecule has 2 aromatic carbocycles. The van der Waals surface area contributed by atoms with Crippen LogP contribution in [0.5, 0.6) is 11.5 Å². The number of rotatable bonds is 5. The van der Waals surface area contributed by atoms with Gasteiger partial charge in [-0.15, -0.1) is 0 Å². The fourth-order valence-electron chi connectivity index (χ4n) is 2.08. The SMILES string of the molecule is CNc1cccc(Nc2cc(OC)cc(OC)c2)c1C. The van der Waals surface area contributed by atoms with Crippen molar-refractivity contribution in [2.24, 2.45) is 0 Å². The summed E-state index contributed by atoms with van der Waals surface area (Å²) in [5.41, 5.74) is 4.24. The first-order valence-corrected chi connectivity index (χ1v) is 6.45. The van der Waals surface area contributed by atoms with E-state index in [1.165, 1.54) is 0 Å². The Morgan fingerprint density at radius 2 is 1.50 bits per heavy atom. The molecule has 0 amide bonds. The highest BCUT2D eigenvalue weighted by atomic mass is 16.5. The van der Waals surface area contributed by atoms with E-state index in [4.69, 9.17) is 9.47 Å². The van der Waals surface area contributed by atoms with Gasteiger partial charge in [0.1, 0.15) is 11.5 Å². The van der Waals surface area contributed by atoms with Crippen molar-refractivity contribution in [2.75, 3.05) is 31.9 Å². The number of methoxy groups -OCH3 is 2. The molecule has 0 aliphatic heterocycles. The predicted molar refractivity (Wildman–Crippen MR) is 83.6 cm³/mol. The van der Waals surface area contributed by atoms with Crippen LogP contribution in [0.25, 0.3) is 0 Å². The Morgan fingerprint density at radius 3 is 2.05 bits per heavy atom. The number of anilines is 3. The molecular formula is C16H20N2O2. The van der Waals surface area contributed by atoms with Gasteiger partial charge in [-0.25, -0.2) is 0 Å². The second-order valence-corrected chi connectivity index (χ2v) is 4.45. The third-order valence-corrected chi connectivity index (χ3v) is 3.23. The lowest BCUT2D eigenvalue weighted by atomic mass is 10.1. The molecule has 20 heavy (non-hydrogen) atoms. The van der Waals surface area contributed by atoms with Crippen molar-refractivity contribution in [3.63, 3.8) is 0 Å². The molecule has 0 spiro atoms. The summed E-state index contributed by atoms with van der Waals surface area (Å²) in [4.78, 5) is 0. The Morgan fingerprint density at radius 1 is 0.900 bits per heavy atom. The normalized spacial score (nSPS) is 10.0. The Balaban J connectivity index is 2.34. The third kappa shape index (κ3) is 2.96. The summed E-state index contributed by atoms with van der Waals surface area (Å²) in [7, 11) is 5.21. The molecular weight excluding hydrogens is 252 g/mol. The summed E-state index contributed by atoms with van der Waals surface area (Å²) < 4.78 is 10.6. The smallest absolute Gasteiger partial charge is 0.124 e. The molecule has 0 saturated heterocycles. The molecule has 2 aromatic rings. The van der Waals surface area contributed by atoms with Gasteiger partial charge in [0.05, 0.1) is 14.2 Å². The van der Waals surface area contributed by atoms with Gasteiger partial charge in [-0.2, -0.15) is 0 Å². The zero-order chi connectivity index (χ0) is 14.5. The van der Waals surface area contributed by atoms with Gasteiger partial charge in [0.25, 0.3) is 0 Å². The van der Waals surface area contributed by atoms with E-state index in [1.54, 1.807) is 14.2 Å². The van der Waals surface area contributed by atoms with Gasteiger partial charge in [0.15, 0.2) is 0 Å². The van der Waals surface area contributed by atoms with Crippen molar-refractivity contribution < 1.29 is 9.47 Å². The molecule has 0 radical (unpaired) electrons. The second kappa shape index (κ2) is 6.19. The number of nitrogens with one attached hydrogen (secondary N) is 2. The maximum atomic E-state index is 5.28. The number of benzene rings is 2. The average Bonchev–Trinajstić information content (AvgIpc) is 2.49. The van der Waals surface area contributed by atoms with E-state index >= 15 is 0 Å². The van der Waals surface area contributed by atoms with Crippen LogP contribution in [0.15, 0.2) is 36.4 Å². The van der Waals surface area contributed by atoms with Crippen LogP contribution in [0, 0.1) is 6.92 Å². The molecule has 0 fully saturated rings. The van der Waals surface area contributed by atoms with Crippen LogP contribution in [-0.2, 0) is 0 Å². The molecule has 0 heterocycles. The molecule has 0 aliphatic rings. The largest absolute Gasteiger partial charge is 0.497 e. The first-order valence-electron chi connectivity index (χ1n) is 6.45. The maximum absolute atomic E-state index is 5.28. The van der Waals surface area contributed by atoms with Crippen LogP contribution in [-0.4, -0.2) is 21.3 Å². The summed E-state index contributed by atoms with van der Waals surface area (Å²) in [6, 6.07) is 11.8. The summed E-state index contributed by atoms with van der Waals surface area (Å²) in [5.74, 6) is 1.52. The molecule has 2 N–H and O–H groups in total. The monoisotopic (exact) mass is 272 g/mol. The Bertz CT molecular complexity index is 575. The van der Waals surface area contributed by atoms with E-state index in [2.05, 4.69) is 17.6 Å². The van der Waals surface area contributed by atoms with Crippen molar-refractivity contribution in [3.05, 3.63) is 42.0 Å². The molecule has 0 atom stereocenters. The van der Waals surface area contributed by atoms with Gasteiger partial charge in [0.2, 0.25) is 0 Å². The van der Waals surface area contributed by atoms with Crippen LogP contribution in [0.4, 0.5) is 17.1 Å². The Kier molecular flexibility index (Phi) is 4.35. The average molecular weight is 272 g/mol. The molecule has 2 rings (SSSR count). The van der Waals surface area contributed by atoms with Crippen LogP contribution in [0.2, 0.25) is 0 Å². The standard InChI is InChI=1S/C16H20N2O2/c1-11-15(17-2)6-5-7-16(11)18-12-8-13(19-3)10-14(9-12)20-4/h5-10,17-18H,1-4H3. The molecule has 4 heteroatoms. The molecule has 106 valence electrons. The Hall–Kier alpha value is -2.36. The zero-order valence-corrected chi connectivity index (χ0v) is 12.3. The van der Waals surface area contributed by atoms with E-state index in [1.807, 2.05) is 43.4 Å². The summed E-state index contributed by atoms with van der Waals surface area (Å²) in [5, 5.41) is 6.57. The minimum absolute atomic E-state index is 0.759. The molecule has 0 aromatic heterocycles. The summed E-state index contributed by atoms with van der Waals surface area (Å²) in [6.07, 6.45) is 0. The lowest BCUT2D eigenvalue weighted by molar-refractivity contribution is 0.395. The fourth-order valence-corrected chi connectivity index (χ4v) is 2.08. The van der Waals surface area contributed by atoms with Gasteiger partial charge in [0, 0.05) is 42.3 Å². The zero-order valence-electron chi connectivity index (χ0n) is 12.3. The van der Waals surface area contributed by atoms with E-state index in [9.17, 15) is 0 Å². The summed E-state index contributed by atoms with van der Waals surface area (Å²) >= 11 is 0. The van der Waals surface area contributed by atoms with Crippen LogP contribution < -0.4 is 20.1 Å². The van der Waals surface area contributed by atoms with Crippen molar-refractivity contribution in [1.82, 2.24) is 0 Å². The molecule has 0 bridgehead atoms. The molecule has 0 aliphatic carbocycles. The van der Waals surface area contributed by atoms with Gasteiger partial charge < -0.3 is 20.1 Å². The van der Waals surface area contributed by atoms with Gasteiger partial charge >= 0.3 is 0 Å². The Labute approximate surface area is 119 Å². The van der Waals surface area contributed by atoms with E-state index in [0.29, 0.717) is 0 Å². The molecule has 0 unspecified atom stereocenters. The van der Waals surface area contributed by atoms with Crippen molar-refractivity contribution in [1.29, 1.82) is 0 Å². The first-order chi connectivity index (χ1) is 9.67. The van der Waals surface area contributed by atoms with Gasteiger partial charge in [-0.3, -0.25) is 0 Å². The van der Waals surface area contributed by atoms with Crippen LogP contribution in [0.1, 0.15) is 5.56 Å². The van der Waals surface area contributed by atoms with Crippen molar-refractivity contribution in [2.45, 2.75) is 6.92 Å². The maximum Gasteiger partial charge on any atom is 0.124 e.